The summed E-state index contributed by atoms with van der Waals surface area (Å²) in [5.41, 5.74) is 1.02. The van der Waals surface area contributed by atoms with E-state index in [0.29, 0.717) is 17.1 Å². The standard InChI is InChI=1S/C16H18ClN3S/c1-10-14(17)18-15(11-4-5-11)19-16(10)20(12-6-7-12)9-13-3-2-8-21-13/h2-3,8,11-12H,4-7,9H2,1H3. The molecule has 110 valence electrons. The fourth-order valence-electron chi connectivity index (χ4n) is 2.63. The number of thiophene rings is 1. The van der Waals surface area contributed by atoms with E-state index in [4.69, 9.17) is 16.6 Å². The molecule has 2 aromatic rings. The summed E-state index contributed by atoms with van der Waals surface area (Å²) in [4.78, 5) is 13.2. The molecular formula is C16H18ClN3S. The molecule has 21 heavy (non-hydrogen) atoms. The van der Waals surface area contributed by atoms with Gasteiger partial charge in [-0.05, 0) is 44.1 Å². The topological polar surface area (TPSA) is 29.0 Å². The monoisotopic (exact) mass is 319 g/mol. The van der Waals surface area contributed by atoms with Gasteiger partial charge in [0, 0.05) is 22.4 Å². The van der Waals surface area contributed by atoms with E-state index in [2.05, 4.69) is 27.4 Å². The van der Waals surface area contributed by atoms with Crippen LogP contribution in [0.2, 0.25) is 5.15 Å². The van der Waals surface area contributed by atoms with Crippen molar-refractivity contribution in [2.45, 2.75) is 51.1 Å². The average Bonchev–Trinajstić information content (AvgIpc) is 3.39. The largest absolute Gasteiger partial charge is 0.348 e. The summed E-state index contributed by atoms with van der Waals surface area (Å²) in [7, 11) is 0. The molecule has 5 heteroatoms. The molecule has 2 aliphatic carbocycles. The highest BCUT2D eigenvalue weighted by Gasteiger charge is 2.34. The molecule has 2 fully saturated rings. The molecule has 0 spiro atoms. The van der Waals surface area contributed by atoms with Gasteiger partial charge in [0.15, 0.2) is 0 Å². The zero-order valence-corrected chi connectivity index (χ0v) is 13.6. The number of aromatic nitrogens is 2. The van der Waals surface area contributed by atoms with E-state index >= 15 is 0 Å². The van der Waals surface area contributed by atoms with Crippen molar-refractivity contribution >= 4 is 28.8 Å². The third kappa shape index (κ3) is 2.79. The van der Waals surface area contributed by atoms with Crippen molar-refractivity contribution in [3.8, 4) is 0 Å². The van der Waals surface area contributed by atoms with Gasteiger partial charge in [-0.3, -0.25) is 0 Å². The molecule has 0 aliphatic heterocycles. The van der Waals surface area contributed by atoms with Crippen molar-refractivity contribution in [2.24, 2.45) is 0 Å². The van der Waals surface area contributed by atoms with Crippen molar-refractivity contribution in [3.05, 3.63) is 38.9 Å². The van der Waals surface area contributed by atoms with Crippen LogP contribution in [-0.2, 0) is 6.54 Å². The van der Waals surface area contributed by atoms with Crippen molar-refractivity contribution in [1.82, 2.24) is 9.97 Å². The Morgan fingerprint density at radius 3 is 2.71 bits per heavy atom. The summed E-state index contributed by atoms with van der Waals surface area (Å²) in [5, 5.41) is 2.76. The smallest absolute Gasteiger partial charge is 0.137 e. The van der Waals surface area contributed by atoms with Crippen LogP contribution in [0.1, 0.15) is 47.9 Å². The second kappa shape index (κ2) is 5.25. The summed E-state index contributed by atoms with van der Waals surface area (Å²) < 4.78 is 0. The van der Waals surface area contributed by atoms with Crippen LogP contribution in [0, 0.1) is 6.92 Å². The Hall–Kier alpha value is -1.13. The van der Waals surface area contributed by atoms with Gasteiger partial charge in [0.05, 0.1) is 6.54 Å². The van der Waals surface area contributed by atoms with Gasteiger partial charge in [0.1, 0.15) is 16.8 Å². The number of rotatable bonds is 5. The van der Waals surface area contributed by atoms with E-state index in [1.54, 1.807) is 11.3 Å². The maximum absolute atomic E-state index is 6.37. The van der Waals surface area contributed by atoms with E-state index in [1.807, 2.05) is 6.92 Å². The molecule has 0 radical (unpaired) electrons. The van der Waals surface area contributed by atoms with E-state index < -0.39 is 0 Å². The van der Waals surface area contributed by atoms with Gasteiger partial charge in [-0.1, -0.05) is 17.7 Å². The van der Waals surface area contributed by atoms with Crippen LogP contribution in [0.3, 0.4) is 0 Å². The van der Waals surface area contributed by atoms with Gasteiger partial charge in [0.25, 0.3) is 0 Å². The predicted molar refractivity (Wildman–Crippen MR) is 87.3 cm³/mol. The SMILES string of the molecule is Cc1c(Cl)nc(C2CC2)nc1N(Cc1cccs1)C1CC1. The van der Waals surface area contributed by atoms with E-state index in [0.717, 1.165) is 23.8 Å². The lowest BCUT2D eigenvalue weighted by atomic mass is 10.2. The second-order valence-corrected chi connectivity index (χ2v) is 7.42. The predicted octanol–water partition coefficient (Wildman–Crippen LogP) is 4.55. The molecule has 0 bridgehead atoms. The summed E-state index contributed by atoms with van der Waals surface area (Å²) in [6.07, 6.45) is 4.91. The van der Waals surface area contributed by atoms with Crippen molar-refractivity contribution < 1.29 is 0 Å². The highest BCUT2D eigenvalue weighted by atomic mass is 35.5. The van der Waals surface area contributed by atoms with Gasteiger partial charge in [0.2, 0.25) is 0 Å². The lowest BCUT2D eigenvalue weighted by Crippen LogP contribution is -2.27. The van der Waals surface area contributed by atoms with Crippen LogP contribution in [0.5, 0.6) is 0 Å². The Kier molecular flexibility index (Phi) is 3.38. The van der Waals surface area contributed by atoms with Gasteiger partial charge in [-0.15, -0.1) is 11.3 Å². The summed E-state index contributed by atoms with van der Waals surface area (Å²) in [6.45, 7) is 2.97. The van der Waals surface area contributed by atoms with Gasteiger partial charge >= 0.3 is 0 Å². The van der Waals surface area contributed by atoms with Crippen molar-refractivity contribution in [3.63, 3.8) is 0 Å². The second-order valence-electron chi connectivity index (χ2n) is 6.03. The van der Waals surface area contributed by atoms with Crippen LogP contribution in [0.4, 0.5) is 5.82 Å². The van der Waals surface area contributed by atoms with Crippen LogP contribution >= 0.6 is 22.9 Å². The van der Waals surface area contributed by atoms with Crippen molar-refractivity contribution in [2.75, 3.05) is 4.90 Å². The lowest BCUT2D eigenvalue weighted by molar-refractivity contribution is 0.765. The lowest BCUT2D eigenvalue weighted by Gasteiger charge is -2.25. The Labute approximate surface area is 134 Å². The van der Waals surface area contributed by atoms with Crippen LogP contribution in [0.15, 0.2) is 17.5 Å². The fraction of sp³-hybridized carbons (Fsp3) is 0.500. The zero-order valence-electron chi connectivity index (χ0n) is 12.1. The summed E-state index contributed by atoms with van der Waals surface area (Å²) in [5.74, 6) is 2.52. The van der Waals surface area contributed by atoms with E-state index in [-0.39, 0.29) is 0 Å². The Bertz CT molecular complexity index is 648. The highest BCUT2D eigenvalue weighted by Crippen LogP contribution is 2.41. The number of nitrogens with zero attached hydrogens (tertiary/aromatic N) is 3. The normalized spacial score (nSPS) is 18.0. The molecule has 0 atom stereocenters. The Balaban J connectivity index is 1.71. The van der Waals surface area contributed by atoms with Gasteiger partial charge in [-0.25, -0.2) is 9.97 Å². The quantitative estimate of drug-likeness (QED) is 0.757. The molecule has 2 heterocycles. The molecule has 0 amide bonds. The highest BCUT2D eigenvalue weighted by molar-refractivity contribution is 7.09. The number of hydrogen-bond donors (Lipinski definition) is 0. The fourth-order valence-corrected chi connectivity index (χ4v) is 3.51. The molecule has 0 N–H and O–H groups in total. The van der Waals surface area contributed by atoms with E-state index in [1.165, 1.54) is 30.6 Å². The van der Waals surface area contributed by atoms with Gasteiger partial charge < -0.3 is 4.90 Å². The molecule has 2 aliphatic rings. The third-order valence-electron chi connectivity index (χ3n) is 4.19. The van der Waals surface area contributed by atoms with Crippen LogP contribution in [-0.4, -0.2) is 16.0 Å². The first kappa shape index (κ1) is 13.5. The first-order valence-electron chi connectivity index (χ1n) is 7.55. The maximum Gasteiger partial charge on any atom is 0.137 e. The first-order valence-corrected chi connectivity index (χ1v) is 8.81. The molecule has 2 aromatic heterocycles. The molecule has 0 unspecified atom stereocenters. The summed E-state index contributed by atoms with van der Waals surface area (Å²) >= 11 is 8.17. The Morgan fingerprint density at radius 2 is 2.10 bits per heavy atom. The average molecular weight is 320 g/mol. The molecule has 2 saturated carbocycles. The molecule has 0 saturated heterocycles. The maximum atomic E-state index is 6.37. The molecular weight excluding hydrogens is 302 g/mol. The minimum atomic E-state index is 0.532. The minimum absolute atomic E-state index is 0.532. The third-order valence-corrected chi connectivity index (χ3v) is 5.42. The van der Waals surface area contributed by atoms with Crippen LogP contribution < -0.4 is 4.90 Å². The van der Waals surface area contributed by atoms with Gasteiger partial charge in [-0.2, -0.15) is 0 Å². The number of hydrogen-bond acceptors (Lipinski definition) is 4. The number of anilines is 1. The van der Waals surface area contributed by atoms with Crippen molar-refractivity contribution in [1.29, 1.82) is 0 Å². The minimum Gasteiger partial charge on any atom is -0.348 e. The Morgan fingerprint density at radius 1 is 1.29 bits per heavy atom. The molecule has 0 aromatic carbocycles. The first-order chi connectivity index (χ1) is 10.2. The zero-order chi connectivity index (χ0) is 14.4. The summed E-state index contributed by atoms with van der Waals surface area (Å²) in [6, 6.07) is 4.92. The van der Waals surface area contributed by atoms with E-state index in [9.17, 15) is 0 Å². The number of halogens is 1. The molecule has 4 rings (SSSR count). The van der Waals surface area contributed by atoms with Crippen LogP contribution in [0.25, 0.3) is 0 Å². The molecule has 3 nitrogen and oxygen atoms in total.